The van der Waals surface area contributed by atoms with Crippen molar-refractivity contribution >= 4 is 11.6 Å². The molecule has 1 N–H and O–H groups in total. The zero-order chi connectivity index (χ0) is 24.2. The smallest absolute Gasteiger partial charge is 0.367 e. The second kappa shape index (κ2) is 10.5. The summed E-state index contributed by atoms with van der Waals surface area (Å²) in [5.74, 6) is -1.24. The Labute approximate surface area is 188 Å². The maximum absolute atomic E-state index is 14.1. The lowest BCUT2D eigenvalue weighted by Gasteiger charge is -2.37. The first-order valence-electron chi connectivity index (χ1n) is 11.1. The average molecular weight is 483 g/mol. The second-order valence-corrected chi connectivity index (χ2v) is 8.86. The molecule has 0 bridgehead atoms. The summed E-state index contributed by atoms with van der Waals surface area (Å²) >= 11 is 0. The van der Waals surface area contributed by atoms with Crippen molar-refractivity contribution in [1.82, 2.24) is 10.2 Å². The van der Waals surface area contributed by atoms with Crippen molar-refractivity contribution in [1.29, 1.82) is 0 Å². The first-order valence-corrected chi connectivity index (χ1v) is 11.1. The van der Waals surface area contributed by atoms with E-state index in [2.05, 4.69) is 10.2 Å². The molecule has 0 unspecified atom stereocenters. The number of piperazine rings is 1. The van der Waals surface area contributed by atoms with E-state index >= 15 is 0 Å². The average Bonchev–Trinajstić information content (AvgIpc) is 2.72. The fourth-order valence-corrected chi connectivity index (χ4v) is 4.57. The highest BCUT2D eigenvalue weighted by Crippen LogP contribution is 2.33. The van der Waals surface area contributed by atoms with Gasteiger partial charge < -0.3 is 10.2 Å². The number of hydrogen-bond acceptors (Lipinski definition) is 3. The Morgan fingerprint density at radius 2 is 1.61 bits per heavy atom. The Morgan fingerprint density at radius 1 is 0.970 bits per heavy atom. The highest BCUT2D eigenvalue weighted by atomic mass is 19.4. The molecule has 1 aliphatic heterocycles. The van der Waals surface area contributed by atoms with Crippen molar-refractivity contribution < 1.29 is 35.5 Å². The van der Waals surface area contributed by atoms with Crippen LogP contribution in [0.1, 0.15) is 44.1 Å². The molecule has 186 valence electrons. The van der Waals surface area contributed by atoms with E-state index < -0.39 is 36.1 Å². The van der Waals surface area contributed by atoms with E-state index in [0.717, 1.165) is 44.0 Å². The first-order chi connectivity index (χ1) is 15.4. The zero-order valence-electron chi connectivity index (χ0n) is 18.1. The maximum Gasteiger partial charge on any atom is 0.416 e. The summed E-state index contributed by atoms with van der Waals surface area (Å²) in [5.41, 5.74) is -0.901. The van der Waals surface area contributed by atoms with Crippen LogP contribution >= 0.6 is 0 Å². The van der Waals surface area contributed by atoms with Crippen LogP contribution in [0.3, 0.4) is 0 Å². The molecule has 0 atom stereocenters. The Bertz CT molecular complexity index is 796. The molecule has 1 aromatic carbocycles. The summed E-state index contributed by atoms with van der Waals surface area (Å²) in [5, 5.41) is 2.46. The summed E-state index contributed by atoms with van der Waals surface area (Å²) in [6, 6.07) is 2.23. The standard InChI is InChI=1S/C22H28F7N3O/c23-18-6-3-16(22(27,28)29)13-19(18)32-11-9-31(10-12-32)8-7-15-1-4-17(5-2-15)30-20(33)14-21(24,25)26/h3,6,13,15,17H,1-2,4-5,7-12,14H2,(H,30,33)/t15-,17-. The summed E-state index contributed by atoms with van der Waals surface area (Å²) < 4.78 is 89.8. The van der Waals surface area contributed by atoms with Crippen molar-refractivity contribution in [2.24, 2.45) is 5.92 Å². The molecule has 11 heteroatoms. The molecule has 0 spiro atoms. The van der Waals surface area contributed by atoms with Gasteiger partial charge in [-0.05, 0) is 62.8 Å². The van der Waals surface area contributed by atoms with Crippen LogP contribution in [0.4, 0.5) is 36.4 Å². The van der Waals surface area contributed by atoms with E-state index in [1.54, 1.807) is 4.90 Å². The molecule has 33 heavy (non-hydrogen) atoms. The van der Waals surface area contributed by atoms with E-state index in [1.165, 1.54) is 0 Å². The topological polar surface area (TPSA) is 35.6 Å². The SMILES string of the molecule is O=C(CC(F)(F)F)N[C@H]1CC[C@H](CCN2CCN(c3cc(C(F)(F)F)ccc3F)CC2)CC1. The van der Waals surface area contributed by atoms with Crippen molar-refractivity contribution in [3.05, 3.63) is 29.6 Å². The van der Waals surface area contributed by atoms with Gasteiger partial charge in [-0.1, -0.05) is 0 Å². The van der Waals surface area contributed by atoms with Gasteiger partial charge in [0.25, 0.3) is 0 Å². The largest absolute Gasteiger partial charge is 0.416 e. The van der Waals surface area contributed by atoms with Crippen molar-refractivity contribution in [3.8, 4) is 0 Å². The van der Waals surface area contributed by atoms with E-state index in [1.807, 2.05) is 0 Å². The molecule has 4 nitrogen and oxygen atoms in total. The summed E-state index contributed by atoms with van der Waals surface area (Å²) in [6.07, 6.45) is -6.63. The van der Waals surface area contributed by atoms with Crippen LogP contribution in [0.25, 0.3) is 0 Å². The minimum Gasteiger partial charge on any atom is -0.367 e. The normalized spacial score (nSPS) is 22.9. The predicted octanol–water partition coefficient (Wildman–Crippen LogP) is 4.98. The van der Waals surface area contributed by atoms with E-state index in [4.69, 9.17) is 0 Å². The van der Waals surface area contributed by atoms with Gasteiger partial charge >= 0.3 is 12.4 Å². The van der Waals surface area contributed by atoms with Crippen LogP contribution in [0.15, 0.2) is 18.2 Å². The van der Waals surface area contributed by atoms with Gasteiger partial charge in [0.2, 0.25) is 5.91 Å². The number of benzene rings is 1. The van der Waals surface area contributed by atoms with Gasteiger partial charge in [-0.15, -0.1) is 0 Å². The van der Waals surface area contributed by atoms with Crippen LogP contribution < -0.4 is 10.2 Å². The third kappa shape index (κ3) is 7.75. The van der Waals surface area contributed by atoms with Gasteiger partial charge in [0, 0.05) is 32.2 Å². The fraction of sp³-hybridized carbons (Fsp3) is 0.682. The fourth-order valence-electron chi connectivity index (χ4n) is 4.57. The van der Waals surface area contributed by atoms with Crippen LogP contribution in [0, 0.1) is 11.7 Å². The third-order valence-electron chi connectivity index (χ3n) is 6.41. The maximum atomic E-state index is 14.1. The Balaban J connectivity index is 1.38. The van der Waals surface area contributed by atoms with Gasteiger partial charge in [0.1, 0.15) is 12.2 Å². The molecule has 1 saturated heterocycles. The number of rotatable bonds is 6. The molecule has 0 radical (unpaired) electrons. The molecular formula is C22H28F7N3O. The second-order valence-electron chi connectivity index (χ2n) is 8.86. The number of hydrogen-bond donors (Lipinski definition) is 1. The number of nitrogens with zero attached hydrogens (tertiary/aromatic N) is 2. The van der Waals surface area contributed by atoms with Crippen molar-refractivity contribution in [3.63, 3.8) is 0 Å². The van der Waals surface area contributed by atoms with Gasteiger partial charge in [-0.3, -0.25) is 9.69 Å². The lowest BCUT2D eigenvalue weighted by Crippen LogP contribution is -2.47. The Morgan fingerprint density at radius 3 is 2.18 bits per heavy atom. The molecule has 1 amide bonds. The minimum absolute atomic E-state index is 0.0321. The molecule has 2 fully saturated rings. The lowest BCUT2D eigenvalue weighted by molar-refractivity contribution is -0.154. The number of halogens is 7. The lowest BCUT2D eigenvalue weighted by atomic mass is 9.84. The summed E-state index contributed by atoms with van der Waals surface area (Å²) in [6.45, 7) is 2.87. The monoisotopic (exact) mass is 483 g/mol. The molecule has 1 saturated carbocycles. The van der Waals surface area contributed by atoms with Crippen LogP contribution in [-0.4, -0.2) is 55.7 Å². The molecular weight excluding hydrogens is 455 g/mol. The van der Waals surface area contributed by atoms with E-state index in [0.29, 0.717) is 44.9 Å². The van der Waals surface area contributed by atoms with Crippen molar-refractivity contribution in [2.75, 3.05) is 37.6 Å². The molecule has 1 aromatic rings. The number of amides is 1. The third-order valence-corrected chi connectivity index (χ3v) is 6.41. The molecule has 2 aliphatic rings. The highest BCUT2D eigenvalue weighted by molar-refractivity contribution is 5.76. The van der Waals surface area contributed by atoms with E-state index in [-0.39, 0.29) is 11.7 Å². The quantitative estimate of drug-likeness (QED) is 0.580. The summed E-state index contributed by atoms with van der Waals surface area (Å²) in [4.78, 5) is 15.3. The number of alkyl halides is 6. The van der Waals surface area contributed by atoms with Crippen LogP contribution in [0.2, 0.25) is 0 Å². The molecule has 1 heterocycles. The number of anilines is 1. The van der Waals surface area contributed by atoms with Gasteiger partial charge in [0.15, 0.2) is 0 Å². The number of nitrogens with one attached hydrogen (secondary N) is 1. The van der Waals surface area contributed by atoms with Gasteiger partial charge in [-0.25, -0.2) is 4.39 Å². The number of carbonyl (C=O) groups excluding carboxylic acids is 1. The minimum atomic E-state index is -4.52. The molecule has 1 aliphatic carbocycles. The van der Waals surface area contributed by atoms with Crippen LogP contribution in [0.5, 0.6) is 0 Å². The van der Waals surface area contributed by atoms with Crippen LogP contribution in [-0.2, 0) is 11.0 Å². The Kier molecular flexibility index (Phi) is 8.13. The van der Waals surface area contributed by atoms with Gasteiger partial charge in [-0.2, -0.15) is 26.3 Å². The van der Waals surface area contributed by atoms with E-state index in [9.17, 15) is 35.5 Å². The van der Waals surface area contributed by atoms with Gasteiger partial charge in [0.05, 0.1) is 11.3 Å². The molecule has 3 rings (SSSR count). The zero-order valence-corrected chi connectivity index (χ0v) is 18.1. The highest BCUT2D eigenvalue weighted by Gasteiger charge is 2.33. The number of carbonyl (C=O) groups is 1. The molecule has 0 aromatic heterocycles. The predicted molar refractivity (Wildman–Crippen MR) is 109 cm³/mol. The first kappa shape index (κ1) is 25.6. The Hall–Kier alpha value is -2.04. The van der Waals surface area contributed by atoms with Crippen molar-refractivity contribution in [2.45, 2.75) is 56.9 Å². The summed E-state index contributed by atoms with van der Waals surface area (Å²) in [7, 11) is 0.